The van der Waals surface area contributed by atoms with E-state index in [9.17, 15) is 4.79 Å². The number of carbonyl (C=O) groups is 1. The Balaban J connectivity index is 1.63. The molecule has 2 aromatic rings. The third kappa shape index (κ3) is 4.78. The van der Waals surface area contributed by atoms with E-state index in [1.165, 1.54) is 6.33 Å². The predicted octanol–water partition coefficient (Wildman–Crippen LogP) is 3.37. The molecule has 1 aromatic carbocycles. The zero-order chi connectivity index (χ0) is 19.2. The molecule has 27 heavy (non-hydrogen) atoms. The molecule has 1 aliphatic heterocycles. The average Bonchev–Trinajstić information content (AvgIpc) is 2.68. The zero-order valence-corrected chi connectivity index (χ0v) is 15.9. The molecule has 2 heterocycles. The maximum absolute atomic E-state index is 12.3. The van der Waals surface area contributed by atoms with Crippen molar-refractivity contribution in [1.82, 2.24) is 9.97 Å². The maximum atomic E-state index is 12.3. The summed E-state index contributed by atoms with van der Waals surface area (Å²) in [4.78, 5) is 23.0. The van der Waals surface area contributed by atoms with Crippen LogP contribution in [0, 0.1) is 5.92 Å². The predicted molar refractivity (Wildman–Crippen MR) is 105 cm³/mol. The van der Waals surface area contributed by atoms with Crippen LogP contribution < -0.4 is 25.0 Å². The quantitative estimate of drug-likeness (QED) is 0.838. The molecular weight excluding hydrogens is 346 g/mol. The number of nitrogens with zero attached hydrogens (tertiary/aromatic N) is 3. The molecule has 1 fully saturated rings. The van der Waals surface area contributed by atoms with Crippen LogP contribution in [-0.2, 0) is 0 Å². The molecule has 0 radical (unpaired) electrons. The normalized spacial score (nSPS) is 14.6. The smallest absolute Gasteiger partial charge is 0.324 e. The molecule has 1 aromatic heterocycles. The molecule has 0 spiro atoms. The number of amides is 2. The molecule has 0 saturated carbocycles. The van der Waals surface area contributed by atoms with Gasteiger partial charge in [0.05, 0.1) is 14.2 Å². The van der Waals surface area contributed by atoms with Gasteiger partial charge in [-0.05, 0) is 30.9 Å². The highest BCUT2D eigenvalue weighted by Gasteiger charge is 2.17. The van der Waals surface area contributed by atoms with Crippen LogP contribution in [-0.4, -0.2) is 43.3 Å². The van der Waals surface area contributed by atoms with Crippen molar-refractivity contribution in [3.05, 3.63) is 30.6 Å². The molecule has 8 nitrogen and oxygen atoms in total. The van der Waals surface area contributed by atoms with Crippen LogP contribution in [0.1, 0.15) is 19.8 Å². The summed E-state index contributed by atoms with van der Waals surface area (Å²) in [5, 5.41) is 5.51. The van der Waals surface area contributed by atoms with Gasteiger partial charge in [-0.25, -0.2) is 14.8 Å². The fourth-order valence-electron chi connectivity index (χ4n) is 3.02. The summed E-state index contributed by atoms with van der Waals surface area (Å²) in [5.41, 5.74) is 0.587. The van der Waals surface area contributed by atoms with Crippen molar-refractivity contribution in [2.75, 3.05) is 42.8 Å². The molecule has 1 saturated heterocycles. The number of methoxy groups -OCH3 is 2. The average molecular weight is 371 g/mol. The molecular formula is C19H25N5O3. The zero-order valence-electron chi connectivity index (χ0n) is 15.9. The van der Waals surface area contributed by atoms with Crippen molar-refractivity contribution in [3.63, 3.8) is 0 Å². The molecule has 144 valence electrons. The van der Waals surface area contributed by atoms with Gasteiger partial charge in [-0.1, -0.05) is 6.92 Å². The summed E-state index contributed by atoms with van der Waals surface area (Å²) >= 11 is 0. The van der Waals surface area contributed by atoms with Gasteiger partial charge >= 0.3 is 6.03 Å². The van der Waals surface area contributed by atoms with Gasteiger partial charge in [0, 0.05) is 30.9 Å². The lowest BCUT2D eigenvalue weighted by atomic mass is 9.99. The van der Waals surface area contributed by atoms with Crippen molar-refractivity contribution >= 4 is 23.4 Å². The Labute approximate surface area is 158 Å². The van der Waals surface area contributed by atoms with Gasteiger partial charge in [-0.15, -0.1) is 0 Å². The molecule has 3 rings (SSSR count). The summed E-state index contributed by atoms with van der Waals surface area (Å²) in [7, 11) is 3.11. The number of hydrogen-bond acceptors (Lipinski definition) is 6. The summed E-state index contributed by atoms with van der Waals surface area (Å²) in [6.07, 6.45) is 3.76. The van der Waals surface area contributed by atoms with Crippen LogP contribution in [0.3, 0.4) is 0 Å². The molecule has 8 heteroatoms. The Morgan fingerprint density at radius 2 is 1.81 bits per heavy atom. The molecule has 1 aliphatic rings. The van der Waals surface area contributed by atoms with E-state index in [-0.39, 0.29) is 6.03 Å². The van der Waals surface area contributed by atoms with Gasteiger partial charge in [0.25, 0.3) is 0 Å². The molecule has 2 amide bonds. The van der Waals surface area contributed by atoms with E-state index in [0.717, 1.165) is 37.7 Å². The van der Waals surface area contributed by atoms with Crippen molar-refractivity contribution < 1.29 is 14.3 Å². The second-order valence-electron chi connectivity index (χ2n) is 6.58. The van der Waals surface area contributed by atoms with Gasteiger partial charge in [-0.3, -0.25) is 5.32 Å². The maximum Gasteiger partial charge on any atom is 0.324 e. The van der Waals surface area contributed by atoms with Crippen LogP contribution >= 0.6 is 0 Å². The topological polar surface area (TPSA) is 88.6 Å². The van der Waals surface area contributed by atoms with Crippen LogP contribution in [0.4, 0.5) is 22.1 Å². The van der Waals surface area contributed by atoms with Gasteiger partial charge in [-0.2, -0.15) is 0 Å². The number of urea groups is 1. The Hall–Kier alpha value is -3.03. The van der Waals surface area contributed by atoms with Crippen LogP contribution in [0.2, 0.25) is 0 Å². The highest BCUT2D eigenvalue weighted by Crippen LogP contribution is 2.29. The summed E-state index contributed by atoms with van der Waals surface area (Å²) in [6, 6.07) is 6.57. The van der Waals surface area contributed by atoms with Gasteiger partial charge < -0.3 is 19.7 Å². The van der Waals surface area contributed by atoms with Crippen LogP contribution in [0.15, 0.2) is 30.6 Å². The van der Waals surface area contributed by atoms with Crippen molar-refractivity contribution in [3.8, 4) is 11.5 Å². The first-order valence-corrected chi connectivity index (χ1v) is 8.96. The first-order chi connectivity index (χ1) is 13.1. The van der Waals surface area contributed by atoms with E-state index in [1.54, 1.807) is 38.5 Å². The van der Waals surface area contributed by atoms with Gasteiger partial charge in [0.1, 0.15) is 18.0 Å². The minimum Gasteiger partial charge on any atom is -0.493 e. The summed E-state index contributed by atoms with van der Waals surface area (Å²) in [5.74, 6) is 3.17. The number of anilines is 3. The SMILES string of the molecule is COc1ccc(NC(=O)Nc2cc(N3CCC(C)CC3)ncn2)cc1OC. The minimum absolute atomic E-state index is 0.390. The first kappa shape index (κ1) is 18.8. The van der Waals surface area contributed by atoms with E-state index in [4.69, 9.17) is 9.47 Å². The highest BCUT2D eigenvalue weighted by atomic mass is 16.5. The largest absolute Gasteiger partial charge is 0.493 e. The monoisotopic (exact) mass is 371 g/mol. The minimum atomic E-state index is -0.390. The molecule has 0 atom stereocenters. The highest BCUT2D eigenvalue weighted by molar-refractivity contribution is 5.99. The second-order valence-corrected chi connectivity index (χ2v) is 6.58. The van der Waals surface area contributed by atoms with E-state index in [0.29, 0.717) is 23.0 Å². The Morgan fingerprint density at radius 1 is 1.07 bits per heavy atom. The Kier molecular flexibility index (Phi) is 5.95. The number of piperidine rings is 1. The van der Waals surface area contributed by atoms with Gasteiger partial charge in [0.15, 0.2) is 11.5 Å². The van der Waals surface area contributed by atoms with Crippen molar-refractivity contribution in [2.45, 2.75) is 19.8 Å². The lowest BCUT2D eigenvalue weighted by Crippen LogP contribution is -2.33. The number of carbonyl (C=O) groups excluding carboxylic acids is 1. The number of nitrogens with one attached hydrogen (secondary N) is 2. The van der Waals surface area contributed by atoms with E-state index < -0.39 is 0 Å². The van der Waals surface area contributed by atoms with Crippen molar-refractivity contribution in [1.29, 1.82) is 0 Å². The number of ether oxygens (including phenoxy) is 2. The molecule has 0 bridgehead atoms. The van der Waals surface area contributed by atoms with E-state index in [2.05, 4.69) is 32.4 Å². The number of aromatic nitrogens is 2. The fraction of sp³-hybridized carbons (Fsp3) is 0.421. The third-order valence-electron chi connectivity index (χ3n) is 4.64. The number of hydrogen-bond donors (Lipinski definition) is 2. The van der Waals surface area contributed by atoms with Gasteiger partial charge in [0.2, 0.25) is 0 Å². The molecule has 0 aliphatic carbocycles. The lowest BCUT2D eigenvalue weighted by Gasteiger charge is -2.31. The van der Waals surface area contributed by atoms with Crippen molar-refractivity contribution in [2.24, 2.45) is 5.92 Å². The second kappa shape index (κ2) is 8.57. The Bertz CT molecular complexity index is 791. The summed E-state index contributed by atoms with van der Waals surface area (Å²) in [6.45, 7) is 4.20. The lowest BCUT2D eigenvalue weighted by molar-refractivity contribution is 0.262. The van der Waals surface area contributed by atoms with E-state index in [1.807, 2.05) is 0 Å². The molecule has 2 N–H and O–H groups in total. The van der Waals surface area contributed by atoms with E-state index >= 15 is 0 Å². The fourth-order valence-corrected chi connectivity index (χ4v) is 3.02. The summed E-state index contributed by atoms with van der Waals surface area (Å²) < 4.78 is 10.4. The standard InChI is InChI=1S/C19H25N5O3/c1-13-6-8-24(9-7-13)18-11-17(20-12-21-18)23-19(25)22-14-4-5-15(26-2)16(10-14)27-3/h4-5,10-13H,6-9H2,1-3H3,(H2,20,21,22,23,25). The first-order valence-electron chi connectivity index (χ1n) is 8.96. The number of rotatable bonds is 5. The third-order valence-corrected chi connectivity index (χ3v) is 4.64. The van der Waals surface area contributed by atoms with Crippen LogP contribution in [0.5, 0.6) is 11.5 Å². The molecule has 0 unspecified atom stereocenters. The Morgan fingerprint density at radius 3 is 2.52 bits per heavy atom. The van der Waals surface area contributed by atoms with Crippen LogP contribution in [0.25, 0.3) is 0 Å². The number of benzene rings is 1.